The summed E-state index contributed by atoms with van der Waals surface area (Å²) in [5, 5.41) is 4.03. The van der Waals surface area contributed by atoms with Gasteiger partial charge in [-0.05, 0) is 31.4 Å². The molecular weight excluding hydrogens is 258 g/mol. The quantitative estimate of drug-likeness (QED) is 0.610. The Kier molecular flexibility index (Phi) is 4.55. The Morgan fingerprint density at radius 2 is 2.25 bits per heavy atom. The van der Waals surface area contributed by atoms with E-state index in [2.05, 4.69) is 5.10 Å². The minimum absolute atomic E-state index is 0.165. The number of hydrogen-bond acceptors (Lipinski definition) is 4. The highest BCUT2D eigenvalue weighted by Crippen LogP contribution is 2.18. The van der Waals surface area contributed by atoms with Crippen LogP contribution in [0.4, 0.5) is 0 Å². The predicted molar refractivity (Wildman–Crippen MR) is 73.6 cm³/mol. The van der Waals surface area contributed by atoms with Gasteiger partial charge in [0.05, 0.1) is 12.8 Å². The van der Waals surface area contributed by atoms with E-state index in [1.165, 1.54) is 13.2 Å². The average molecular weight is 277 g/mol. The summed E-state index contributed by atoms with van der Waals surface area (Å²) in [5.74, 6) is -0.506. The van der Waals surface area contributed by atoms with Crippen LogP contribution in [0, 0.1) is 0 Å². The molecule has 1 fully saturated rings. The van der Waals surface area contributed by atoms with Crippen molar-refractivity contribution >= 4 is 18.0 Å². The number of hydrogen-bond donors (Lipinski definition) is 0. The van der Waals surface area contributed by atoms with Crippen LogP contribution < -0.4 is 0 Å². The number of carbonyl (C=O) groups excluding carboxylic acids is 2. The van der Waals surface area contributed by atoms with Gasteiger partial charge in [0.15, 0.2) is 0 Å². The number of amides is 1. The van der Waals surface area contributed by atoms with Gasteiger partial charge in [0.25, 0.3) is 0 Å². The third-order valence-electron chi connectivity index (χ3n) is 3.51. The summed E-state index contributed by atoms with van der Waals surface area (Å²) >= 11 is 0. The van der Waals surface area contributed by atoms with Gasteiger partial charge in [-0.25, -0.2) is 4.79 Å². The lowest BCUT2D eigenvalue weighted by Gasteiger charge is -2.32. The zero-order chi connectivity index (χ0) is 14.5. The number of nitrogens with zero attached hydrogens (tertiary/aromatic N) is 3. The maximum absolute atomic E-state index is 12.2. The molecule has 0 spiro atoms. The highest BCUT2D eigenvalue weighted by Gasteiger charge is 2.31. The van der Waals surface area contributed by atoms with E-state index in [-0.39, 0.29) is 11.9 Å². The van der Waals surface area contributed by atoms with E-state index in [1.54, 1.807) is 21.9 Å². The van der Waals surface area contributed by atoms with Crippen molar-refractivity contribution in [2.24, 2.45) is 7.05 Å². The van der Waals surface area contributed by atoms with Crippen LogP contribution in [0.1, 0.15) is 25.0 Å². The normalized spacial score (nSPS) is 19.3. The lowest BCUT2D eigenvalue weighted by atomic mass is 10.0. The van der Waals surface area contributed by atoms with Crippen LogP contribution in [-0.2, 0) is 21.4 Å². The first-order valence-electron chi connectivity index (χ1n) is 6.68. The largest absolute Gasteiger partial charge is 0.467 e. The fourth-order valence-electron chi connectivity index (χ4n) is 2.38. The third-order valence-corrected chi connectivity index (χ3v) is 3.51. The smallest absolute Gasteiger partial charge is 0.328 e. The Hall–Kier alpha value is -2.11. The van der Waals surface area contributed by atoms with Crippen molar-refractivity contribution in [1.29, 1.82) is 0 Å². The fraction of sp³-hybridized carbons (Fsp3) is 0.500. The molecule has 1 amide bonds. The number of ether oxygens (including phenoxy) is 1. The van der Waals surface area contributed by atoms with Crippen LogP contribution in [0.15, 0.2) is 18.3 Å². The van der Waals surface area contributed by atoms with Crippen molar-refractivity contribution in [3.05, 3.63) is 24.0 Å². The van der Waals surface area contributed by atoms with Crippen molar-refractivity contribution in [2.75, 3.05) is 13.7 Å². The monoisotopic (exact) mass is 277 g/mol. The topological polar surface area (TPSA) is 64.4 Å². The van der Waals surface area contributed by atoms with Crippen LogP contribution in [-0.4, -0.2) is 46.3 Å². The SMILES string of the molecule is COC(=O)[C@H]1CCCCN1C(=O)/C=C\c1ccnn1C. The predicted octanol–water partition coefficient (Wildman–Crippen LogP) is 0.987. The van der Waals surface area contributed by atoms with Crippen LogP contribution in [0.3, 0.4) is 0 Å². The Morgan fingerprint density at radius 1 is 1.45 bits per heavy atom. The first-order valence-corrected chi connectivity index (χ1v) is 6.68. The summed E-state index contributed by atoms with van der Waals surface area (Å²) in [4.78, 5) is 25.5. The third kappa shape index (κ3) is 3.07. The molecule has 2 rings (SSSR count). The molecule has 108 valence electrons. The number of esters is 1. The summed E-state index contributed by atoms with van der Waals surface area (Å²) in [7, 11) is 3.16. The average Bonchev–Trinajstić information content (AvgIpc) is 2.89. The molecule has 1 atom stereocenters. The van der Waals surface area contributed by atoms with Gasteiger partial charge < -0.3 is 9.64 Å². The van der Waals surface area contributed by atoms with E-state index in [9.17, 15) is 9.59 Å². The van der Waals surface area contributed by atoms with Crippen molar-refractivity contribution in [1.82, 2.24) is 14.7 Å². The second kappa shape index (κ2) is 6.36. The molecule has 2 heterocycles. The van der Waals surface area contributed by atoms with Gasteiger partial charge in [-0.1, -0.05) is 0 Å². The second-order valence-corrected chi connectivity index (χ2v) is 4.78. The number of likely N-dealkylation sites (tertiary alicyclic amines) is 1. The van der Waals surface area contributed by atoms with E-state index in [4.69, 9.17) is 4.74 Å². The Bertz CT molecular complexity index is 521. The van der Waals surface area contributed by atoms with Gasteiger partial charge in [-0.15, -0.1) is 0 Å². The Balaban J connectivity index is 2.08. The van der Waals surface area contributed by atoms with E-state index in [0.717, 1.165) is 18.5 Å². The van der Waals surface area contributed by atoms with Crippen molar-refractivity contribution in [3.63, 3.8) is 0 Å². The number of carbonyl (C=O) groups is 2. The molecule has 0 radical (unpaired) electrons. The maximum Gasteiger partial charge on any atom is 0.328 e. The highest BCUT2D eigenvalue weighted by molar-refractivity contribution is 5.94. The lowest BCUT2D eigenvalue weighted by molar-refractivity contribution is -0.153. The Labute approximate surface area is 118 Å². The molecule has 6 heteroatoms. The van der Waals surface area contributed by atoms with Crippen LogP contribution in [0.25, 0.3) is 6.08 Å². The van der Waals surface area contributed by atoms with Gasteiger partial charge >= 0.3 is 5.97 Å². The van der Waals surface area contributed by atoms with Gasteiger partial charge in [-0.2, -0.15) is 5.10 Å². The fourth-order valence-corrected chi connectivity index (χ4v) is 2.38. The highest BCUT2D eigenvalue weighted by atomic mass is 16.5. The van der Waals surface area contributed by atoms with Gasteiger partial charge in [0.1, 0.15) is 6.04 Å². The van der Waals surface area contributed by atoms with Gasteiger partial charge in [-0.3, -0.25) is 9.48 Å². The zero-order valence-electron chi connectivity index (χ0n) is 11.8. The first-order chi connectivity index (χ1) is 9.63. The van der Waals surface area contributed by atoms with E-state index in [0.29, 0.717) is 13.0 Å². The molecule has 0 bridgehead atoms. The number of methoxy groups -OCH3 is 1. The summed E-state index contributed by atoms with van der Waals surface area (Å²) < 4.78 is 6.45. The number of piperidine rings is 1. The van der Waals surface area contributed by atoms with E-state index in [1.807, 2.05) is 13.1 Å². The van der Waals surface area contributed by atoms with Gasteiger partial charge in [0.2, 0.25) is 5.91 Å². The molecule has 1 aromatic rings. The summed E-state index contributed by atoms with van der Waals surface area (Å²) in [6.45, 7) is 0.592. The number of aromatic nitrogens is 2. The second-order valence-electron chi connectivity index (χ2n) is 4.78. The first kappa shape index (κ1) is 14.3. The van der Waals surface area contributed by atoms with E-state index >= 15 is 0 Å². The molecule has 1 aliphatic rings. The molecule has 20 heavy (non-hydrogen) atoms. The van der Waals surface area contributed by atoms with Crippen LogP contribution >= 0.6 is 0 Å². The lowest BCUT2D eigenvalue weighted by Crippen LogP contribution is -2.47. The molecule has 0 N–H and O–H groups in total. The van der Waals surface area contributed by atoms with Crippen LogP contribution in [0.5, 0.6) is 0 Å². The zero-order valence-corrected chi connectivity index (χ0v) is 11.8. The minimum Gasteiger partial charge on any atom is -0.467 e. The molecule has 1 saturated heterocycles. The molecule has 0 unspecified atom stereocenters. The molecule has 6 nitrogen and oxygen atoms in total. The summed E-state index contributed by atoms with van der Waals surface area (Å²) in [6.07, 6.45) is 7.38. The molecule has 1 aromatic heterocycles. The molecule has 0 saturated carbocycles. The van der Waals surface area contributed by atoms with Gasteiger partial charge in [0, 0.05) is 25.9 Å². The molecule has 0 aromatic carbocycles. The Morgan fingerprint density at radius 3 is 2.90 bits per heavy atom. The minimum atomic E-state index is -0.461. The standard InChI is InChI=1S/C14H19N3O3/c1-16-11(8-9-15-16)6-7-13(18)17-10-4-3-5-12(17)14(19)20-2/h6-9,12H,3-5,10H2,1-2H3/b7-6-/t12-/m1/s1. The molecule has 1 aliphatic heterocycles. The number of aryl methyl sites for hydroxylation is 1. The summed E-state index contributed by atoms with van der Waals surface area (Å²) in [6, 6.07) is 1.36. The summed E-state index contributed by atoms with van der Waals surface area (Å²) in [5.41, 5.74) is 0.838. The maximum atomic E-state index is 12.2. The van der Waals surface area contributed by atoms with Crippen molar-refractivity contribution < 1.29 is 14.3 Å². The van der Waals surface area contributed by atoms with Crippen molar-refractivity contribution in [2.45, 2.75) is 25.3 Å². The van der Waals surface area contributed by atoms with Crippen molar-refractivity contribution in [3.8, 4) is 0 Å². The van der Waals surface area contributed by atoms with E-state index < -0.39 is 6.04 Å². The molecular formula is C14H19N3O3. The van der Waals surface area contributed by atoms with Crippen LogP contribution in [0.2, 0.25) is 0 Å². The molecule has 0 aliphatic carbocycles. The number of rotatable bonds is 3.